The minimum Gasteiger partial charge on any atom is -0.341 e. The van der Waals surface area contributed by atoms with Crippen molar-refractivity contribution in [1.82, 2.24) is 14.5 Å². The number of hydrogen-bond donors (Lipinski definition) is 1. The molecule has 1 aliphatic carbocycles. The van der Waals surface area contributed by atoms with E-state index in [1.807, 2.05) is 19.0 Å². The van der Waals surface area contributed by atoms with Crippen molar-refractivity contribution in [3.05, 3.63) is 0 Å². The van der Waals surface area contributed by atoms with Crippen molar-refractivity contribution >= 4 is 15.9 Å². The molecule has 6 nitrogen and oxygen atoms in total. The van der Waals surface area contributed by atoms with Crippen LogP contribution in [0.15, 0.2) is 0 Å². The molecule has 1 aliphatic heterocycles. The van der Waals surface area contributed by atoms with Crippen LogP contribution >= 0.6 is 0 Å². The zero-order valence-corrected chi connectivity index (χ0v) is 14.6. The fourth-order valence-electron chi connectivity index (χ4n) is 3.35. The molecule has 0 bridgehead atoms. The van der Waals surface area contributed by atoms with E-state index < -0.39 is 15.3 Å². The molecule has 7 heteroatoms. The number of piperidine rings is 1. The van der Waals surface area contributed by atoms with Gasteiger partial charge in [0.2, 0.25) is 15.9 Å². The molecule has 0 aromatic rings. The van der Waals surface area contributed by atoms with E-state index in [1.54, 1.807) is 4.90 Å². The lowest BCUT2D eigenvalue weighted by atomic mass is 10.0. The molecule has 22 heavy (non-hydrogen) atoms. The molecule has 0 spiro atoms. The standard InChI is InChI=1S/C15H29N3O3S/c1-17(2)11-9-16-22(20,21)14-8-5-10-18(12-14)15(19)13-6-3-4-7-13/h13-14,16H,3-12H2,1-2H3/t14-/m1/s1. The highest BCUT2D eigenvalue weighted by molar-refractivity contribution is 7.90. The maximum Gasteiger partial charge on any atom is 0.225 e. The second-order valence-corrected chi connectivity index (χ2v) is 8.82. The number of rotatable bonds is 6. The summed E-state index contributed by atoms with van der Waals surface area (Å²) in [5, 5.41) is -0.464. The molecule has 1 heterocycles. The van der Waals surface area contributed by atoms with Crippen molar-refractivity contribution in [2.45, 2.75) is 43.8 Å². The van der Waals surface area contributed by atoms with Crippen molar-refractivity contribution in [3.8, 4) is 0 Å². The summed E-state index contributed by atoms with van der Waals surface area (Å²) in [7, 11) is 0.488. The molecule has 0 radical (unpaired) electrons. The Labute approximate surface area is 134 Å². The molecule has 2 rings (SSSR count). The highest BCUT2D eigenvalue weighted by Gasteiger charge is 2.35. The summed E-state index contributed by atoms with van der Waals surface area (Å²) < 4.78 is 27.5. The van der Waals surface area contributed by atoms with Crippen LogP contribution in [0, 0.1) is 5.92 Å². The van der Waals surface area contributed by atoms with E-state index in [2.05, 4.69) is 4.72 Å². The van der Waals surface area contributed by atoms with Gasteiger partial charge in [-0.1, -0.05) is 12.8 Å². The normalized spacial score (nSPS) is 24.1. The zero-order chi connectivity index (χ0) is 16.2. The number of carbonyl (C=O) groups is 1. The second-order valence-electron chi connectivity index (χ2n) is 6.77. The van der Waals surface area contributed by atoms with Crippen molar-refractivity contribution in [2.75, 3.05) is 40.3 Å². The summed E-state index contributed by atoms with van der Waals surface area (Å²) in [6, 6.07) is 0. The fourth-order valence-corrected chi connectivity index (χ4v) is 4.82. The van der Waals surface area contributed by atoms with Crippen LogP contribution in [0.3, 0.4) is 0 Å². The molecule has 1 saturated heterocycles. The van der Waals surface area contributed by atoms with Gasteiger partial charge in [0.15, 0.2) is 0 Å². The van der Waals surface area contributed by atoms with Crippen LogP contribution in [-0.4, -0.2) is 69.6 Å². The van der Waals surface area contributed by atoms with Crippen molar-refractivity contribution in [3.63, 3.8) is 0 Å². The van der Waals surface area contributed by atoms with Gasteiger partial charge in [-0.05, 0) is 39.8 Å². The highest BCUT2D eigenvalue weighted by Crippen LogP contribution is 2.28. The Kier molecular flexibility index (Phi) is 6.23. The van der Waals surface area contributed by atoms with Gasteiger partial charge in [0, 0.05) is 32.1 Å². The lowest BCUT2D eigenvalue weighted by Crippen LogP contribution is -2.50. The summed E-state index contributed by atoms with van der Waals surface area (Å²) in [6.45, 7) is 2.16. The fraction of sp³-hybridized carbons (Fsp3) is 0.933. The number of nitrogens with zero attached hydrogens (tertiary/aromatic N) is 2. The highest BCUT2D eigenvalue weighted by atomic mass is 32.2. The molecule has 0 aromatic heterocycles. The zero-order valence-electron chi connectivity index (χ0n) is 13.8. The summed E-state index contributed by atoms with van der Waals surface area (Å²) in [5.41, 5.74) is 0. The predicted octanol–water partition coefficient (Wildman–Crippen LogP) is 0.649. The van der Waals surface area contributed by atoms with Crippen LogP contribution in [-0.2, 0) is 14.8 Å². The van der Waals surface area contributed by atoms with E-state index in [4.69, 9.17) is 0 Å². The second kappa shape index (κ2) is 7.75. The van der Waals surface area contributed by atoms with E-state index in [0.29, 0.717) is 32.6 Å². The number of likely N-dealkylation sites (N-methyl/N-ethyl adjacent to an activating group) is 1. The van der Waals surface area contributed by atoms with E-state index in [9.17, 15) is 13.2 Å². The molecular formula is C15H29N3O3S. The van der Waals surface area contributed by atoms with E-state index in [-0.39, 0.29) is 11.8 Å². The molecule has 1 N–H and O–H groups in total. The number of nitrogens with one attached hydrogen (secondary N) is 1. The van der Waals surface area contributed by atoms with Crippen LogP contribution < -0.4 is 4.72 Å². The topological polar surface area (TPSA) is 69.7 Å². The Morgan fingerprint density at radius 2 is 1.86 bits per heavy atom. The van der Waals surface area contributed by atoms with Gasteiger partial charge in [-0.3, -0.25) is 4.79 Å². The summed E-state index contributed by atoms with van der Waals surface area (Å²) in [4.78, 5) is 16.2. The Morgan fingerprint density at radius 3 is 2.50 bits per heavy atom. The Bertz CT molecular complexity index is 472. The first-order valence-corrected chi connectivity index (χ1v) is 9.87. The van der Waals surface area contributed by atoms with Crippen LogP contribution in [0.25, 0.3) is 0 Å². The molecular weight excluding hydrogens is 302 g/mol. The van der Waals surface area contributed by atoms with Gasteiger partial charge in [0.05, 0.1) is 5.25 Å². The molecule has 2 fully saturated rings. The molecule has 1 amide bonds. The summed E-state index contributed by atoms with van der Waals surface area (Å²) in [6.07, 6.45) is 5.60. The van der Waals surface area contributed by atoms with Crippen LogP contribution in [0.5, 0.6) is 0 Å². The first kappa shape index (κ1) is 17.7. The molecule has 1 saturated carbocycles. The van der Waals surface area contributed by atoms with Crippen molar-refractivity contribution < 1.29 is 13.2 Å². The molecule has 1 atom stereocenters. The van der Waals surface area contributed by atoms with Crippen LogP contribution in [0.1, 0.15) is 38.5 Å². The summed E-state index contributed by atoms with van der Waals surface area (Å²) in [5.74, 6) is 0.300. The summed E-state index contributed by atoms with van der Waals surface area (Å²) >= 11 is 0. The SMILES string of the molecule is CN(C)CCNS(=O)(=O)[C@@H]1CCCN(C(=O)C2CCCC2)C1. The Balaban J connectivity index is 1.90. The molecule has 128 valence electrons. The first-order chi connectivity index (χ1) is 10.4. The minimum absolute atomic E-state index is 0.128. The minimum atomic E-state index is -3.34. The van der Waals surface area contributed by atoms with Gasteiger partial charge < -0.3 is 9.80 Å². The van der Waals surface area contributed by atoms with Crippen molar-refractivity contribution in [2.24, 2.45) is 5.92 Å². The van der Waals surface area contributed by atoms with E-state index in [0.717, 1.165) is 32.1 Å². The number of amides is 1. The maximum absolute atomic E-state index is 12.5. The molecule has 2 aliphatic rings. The molecule has 0 unspecified atom stereocenters. The average molecular weight is 331 g/mol. The first-order valence-electron chi connectivity index (χ1n) is 8.32. The van der Waals surface area contributed by atoms with Crippen molar-refractivity contribution in [1.29, 1.82) is 0 Å². The third-order valence-corrected chi connectivity index (χ3v) is 6.56. The largest absolute Gasteiger partial charge is 0.341 e. The molecule has 0 aromatic carbocycles. The van der Waals surface area contributed by atoms with Crippen LogP contribution in [0.2, 0.25) is 0 Å². The third-order valence-electron chi connectivity index (χ3n) is 4.70. The van der Waals surface area contributed by atoms with Gasteiger partial charge in [-0.2, -0.15) is 0 Å². The average Bonchev–Trinajstić information content (AvgIpc) is 3.00. The third kappa shape index (κ3) is 4.67. The quantitative estimate of drug-likeness (QED) is 0.776. The predicted molar refractivity (Wildman–Crippen MR) is 87.0 cm³/mol. The Morgan fingerprint density at radius 1 is 1.18 bits per heavy atom. The smallest absolute Gasteiger partial charge is 0.225 e. The van der Waals surface area contributed by atoms with Gasteiger partial charge in [-0.25, -0.2) is 13.1 Å². The van der Waals surface area contributed by atoms with Crippen LogP contribution in [0.4, 0.5) is 0 Å². The number of carbonyl (C=O) groups excluding carboxylic acids is 1. The van der Waals surface area contributed by atoms with Gasteiger partial charge in [0.1, 0.15) is 0 Å². The number of sulfonamides is 1. The van der Waals surface area contributed by atoms with E-state index in [1.165, 1.54) is 0 Å². The van der Waals surface area contributed by atoms with Gasteiger partial charge in [0.25, 0.3) is 0 Å². The lowest BCUT2D eigenvalue weighted by molar-refractivity contribution is -0.136. The van der Waals surface area contributed by atoms with Gasteiger partial charge >= 0.3 is 0 Å². The van der Waals surface area contributed by atoms with Gasteiger partial charge in [-0.15, -0.1) is 0 Å². The number of likely N-dealkylation sites (tertiary alicyclic amines) is 1. The lowest BCUT2D eigenvalue weighted by Gasteiger charge is -2.34. The monoisotopic (exact) mass is 331 g/mol. The van der Waals surface area contributed by atoms with E-state index >= 15 is 0 Å². The number of hydrogen-bond acceptors (Lipinski definition) is 4. The Hall–Kier alpha value is -0.660. The maximum atomic E-state index is 12.5.